The van der Waals surface area contributed by atoms with Crippen LogP contribution in [0.15, 0.2) is 0 Å². The molecule has 10 heteroatoms. The van der Waals surface area contributed by atoms with E-state index in [1.807, 2.05) is 4.90 Å². The Labute approximate surface area is 154 Å². The summed E-state index contributed by atoms with van der Waals surface area (Å²) < 4.78 is 5.37. The molecule has 2 heterocycles. The number of hydrogen-bond acceptors (Lipinski definition) is 6. The maximum Gasteiger partial charge on any atom is 0.410 e. The van der Waals surface area contributed by atoms with E-state index in [2.05, 4.69) is 0 Å². The van der Waals surface area contributed by atoms with Crippen molar-refractivity contribution >= 4 is 31.4 Å². The number of carbonyl (C=O) groups is 3. The molecular formula is C15H28N4O5S. The number of nitrogens with two attached hydrogens (primary N) is 1. The summed E-state index contributed by atoms with van der Waals surface area (Å²) >= 11 is 0. The van der Waals surface area contributed by atoms with Crippen LogP contribution in [0.25, 0.3) is 0 Å². The topological polar surface area (TPSA) is 116 Å². The van der Waals surface area contributed by atoms with E-state index < -0.39 is 35.8 Å². The number of nitrogens with zero attached hydrogens (tertiary/aromatic N) is 3. The van der Waals surface area contributed by atoms with Crippen molar-refractivity contribution in [2.45, 2.75) is 38.0 Å². The second-order valence-corrected chi connectivity index (χ2v) is 7.39. The van der Waals surface area contributed by atoms with Crippen LogP contribution in [-0.4, -0.2) is 94.7 Å². The summed E-state index contributed by atoms with van der Waals surface area (Å²) in [6.07, 6.45) is -0.463. The molecule has 0 aromatic heterocycles. The Kier molecular flexibility index (Phi) is 6.36. The van der Waals surface area contributed by atoms with Crippen molar-refractivity contribution in [3.05, 3.63) is 0 Å². The van der Waals surface area contributed by atoms with Crippen LogP contribution < -0.4 is 5.73 Å². The Hall–Kier alpha value is -1.52. The first-order valence-corrected chi connectivity index (χ1v) is 7.92. The number of rotatable bonds is 3. The van der Waals surface area contributed by atoms with E-state index in [0.717, 1.165) is 0 Å². The minimum Gasteiger partial charge on any atom is -0.444 e. The van der Waals surface area contributed by atoms with E-state index in [0.29, 0.717) is 13.1 Å². The molecule has 0 aliphatic carbocycles. The number of aliphatic hydroxyl groups is 1. The molecule has 1 spiro atoms. The fraction of sp³-hybridized carbons (Fsp3) is 0.800. The SMILES string of the molecule is CN1CCN(C(=O)OC(C)(C)C)CC12CN([C@@H](CO)C(N)=O)C2=O.S. The summed E-state index contributed by atoms with van der Waals surface area (Å²) in [5, 5.41) is 9.28. The van der Waals surface area contributed by atoms with Gasteiger partial charge in [0.05, 0.1) is 19.7 Å². The molecular weight excluding hydrogens is 348 g/mol. The van der Waals surface area contributed by atoms with E-state index in [9.17, 15) is 19.5 Å². The number of likely N-dealkylation sites (N-methyl/N-ethyl adjacent to an activating group) is 1. The van der Waals surface area contributed by atoms with Gasteiger partial charge in [-0.3, -0.25) is 14.5 Å². The average Bonchev–Trinajstić information content (AvgIpc) is 2.46. The maximum atomic E-state index is 12.7. The first-order chi connectivity index (χ1) is 11.0. The fourth-order valence-electron chi connectivity index (χ4n) is 3.08. The molecule has 2 aliphatic heterocycles. The predicted molar refractivity (Wildman–Crippen MR) is 95.3 cm³/mol. The Morgan fingerprint density at radius 1 is 1.32 bits per heavy atom. The van der Waals surface area contributed by atoms with Gasteiger partial charge in [-0.25, -0.2) is 4.79 Å². The Bertz CT molecular complexity index is 553. The summed E-state index contributed by atoms with van der Waals surface area (Å²) in [6.45, 7) is 6.22. The standard InChI is InChI=1S/C15H26N4O5.H2S/c1-14(2,3)24-13(23)18-6-5-17(4)15(8-18)9-19(12(15)22)10(7-20)11(16)21;/h10,20H,5-9H2,1-4H3,(H2,16,21);1H2/t10-,15?;/m0./s1. The average molecular weight is 376 g/mol. The number of amides is 3. The summed E-state index contributed by atoms with van der Waals surface area (Å²) in [7, 11) is 1.81. The molecule has 144 valence electrons. The fourth-order valence-corrected chi connectivity index (χ4v) is 3.08. The highest BCUT2D eigenvalue weighted by Gasteiger charge is 2.60. The zero-order chi connectivity index (χ0) is 18.3. The van der Waals surface area contributed by atoms with E-state index >= 15 is 0 Å². The number of hydrogen-bond donors (Lipinski definition) is 2. The molecule has 0 aromatic carbocycles. The zero-order valence-corrected chi connectivity index (χ0v) is 16.1. The van der Waals surface area contributed by atoms with Crippen molar-refractivity contribution in [3.8, 4) is 0 Å². The largest absolute Gasteiger partial charge is 0.444 e. The summed E-state index contributed by atoms with van der Waals surface area (Å²) in [5.74, 6) is -1.06. The second kappa shape index (κ2) is 7.38. The monoisotopic (exact) mass is 376 g/mol. The van der Waals surface area contributed by atoms with Gasteiger partial charge in [0.15, 0.2) is 0 Å². The summed E-state index contributed by atoms with van der Waals surface area (Å²) in [4.78, 5) is 41.0. The van der Waals surface area contributed by atoms with Gasteiger partial charge in [0, 0.05) is 13.1 Å². The molecule has 0 saturated carbocycles. The normalized spacial score (nSPS) is 25.2. The number of carbonyl (C=O) groups excluding carboxylic acids is 3. The summed E-state index contributed by atoms with van der Waals surface area (Å²) in [6, 6.07) is -1.03. The first-order valence-electron chi connectivity index (χ1n) is 7.92. The van der Waals surface area contributed by atoms with Crippen LogP contribution in [0.2, 0.25) is 0 Å². The van der Waals surface area contributed by atoms with Gasteiger partial charge in [0.2, 0.25) is 11.8 Å². The number of likely N-dealkylation sites (tertiary alicyclic amines) is 1. The molecule has 2 saturated heterocycles. The van der Waals surface area contributed by atoms with Gasteiger partial charge in [-0.1, -0.05) is 0 Å². The molecule has 0 bridgehead atoms. The highest BCUT2D eigenvalue weighted by Crippen LogP contribution is 2.34. The molecule has 2 atom stereocenters. The molecule has 2 aliphatic rings. The molecule has 0 radical (unpaired) electrons. The minimum absolute atomic E-state index is 0. The highest BCUT2D eigenvalue weighted by atomic mass is 32.1. The lowest BCUT2D eigenvalue weighted by Gasteiger charge is -2.58. The molecule has 0 aromatic rings. The molecule has 2 fully saturated rings. The third-order valence-electron chi connectivity index (χ3n) is 4.51. The third kappa shape index (κ3) is 4.01. The zero-order valence-electron chi connectivity index (χ0n) is 15.1. The molecule has 2 rings (SSSR count). The lowest BCUT2D eigenvalue weighted by atomic mass is 9.83. The van der Waals surface area contributed by atoms with Crippen LogP contribution in [0, 0.1) is 0 Å². The van der Waals surface area contributed by atoms with Crippen LogP contribution in [0.1, 0.15) is 20.8 Å². The van der Waals surface area contributed by atoms with Crippen molar-refractivity contribution in [2.75, 3.05) is 39.8 Å². The highest BCUT2D eigenvalue weighted by molar-refractivity contribution is 7.59. The molecule has 3 N–H and O–H groups in total. The van der Waals surface area contributed by atoms with Crippen molar-refractivity contribution in [3.63, 3.8) is 0 Å². The van der Waals surface area contributed by atoms with Gasteiger partial charge < -0.3 is 25.4 Å². The van der Waals surface area contributed by atoms with Crippen LogP contribution in [0.3, 0.4) is 0 Å². The van der Waals surface area contributed by atoms with E-state index in [1.165, 1.54) is 9.80 Å². The maximum absolute atomic E-state index is 12.7. The first kappa shape index (κ1) is 21.5. The van der Waals surface area contributed by atoms with Gasteiger partial charge in [-0.05, 0) is 27.8 Å². The minimum atomic E-state index is -1.03. The van der Waals surface area contributed by atoms with Gasteiger partial charge in [0.1, 0.15) is 17.2 Å². The van der Waals surface area contributed by atoms with Gasteiger partial charge in [0.25, 0.3) is 0 Å². The second-order valence-electron chi connectivity index (χ2n) is 7.39. The number of piperazine rings is 1. The lowest BCUT2D eigenvalue weighted by molar-refractivity contribution is -0.177. The molecule has 9 nitrogen and oxygen atoms in total. The van der Waals surface area contributed by atoms with Gasteiger partial charge in [-0.15, -0.1) is 0 Å². The molecule has 3 amide bonds. The van der Waals surface area contributed by atoms with Crippen LogP contribution in [0.5, 0.6) is 0 Å². The van der Waals surface area contributed by atoms with E-state index in [1.54, 1.807) is 27.8 Å². The van der Waals surface area contributed by atoms with Crippen molar-refractivity contribution in [2.24, 2.45) is 5.73 Å². The van der Waals surface area contributed by atoms with Crippen LogP contribution >= 0.6 is 13.5 Å². The Morgan fingerprint density at radius 3 is 2.36 bits per heavy atom. The Morgan fingerprint density at radius 2 is 1.92 bits per heavy atom. The number of ether oxygens (including phenoxy) is 1. The molecule has 25 heavy (non-hydrogen) atoms. The van der Waals surface area contributed by atoms with Crippen LogP contribution in [0.4, 0.5) is 4.79 Å². The van der Waals surface area contributed by atoms with Crippen molar-refractivity contribution in [1.29, 1.82) is 0 Å². The van der Waals surface area contributed by atoms with E-state index in [-0.39, 0.29) is 32.5 Å². The Balaban J connectivity index is 0.00000312. The molecule has 1 unspecified atom stereocenters. The van der Waals surface area contributed by atoms with Gasteiger partial charge >= 0.3 is 6.09 Å². The number of aliphatic hydroxyl groups excluding tert-OH is 1. The predicted octanol–water partition coefficient (Wildman–Crippen LogP) is -1.29. The lowest BCUT2D eigenvalue weighted by Crippen LogP contribution is -2.82. The third-order valence-corrected chi connectivity index (χ3v) is 4.51. The smallest absolute Gasteiger partial charge is 0.410 e. The van der Waals surface area contributed by atoms with E-state index in [4.69, 9.17) is 10.5 Å². The number of β-lactam (4-membered cyclic amide) rings is 1. The van der Waals surface area contributed by atoms with Crippen molar-refractivity contribution < 1.29 is 24.2 Å². The quantitative estimate of drug-likeness (QED) is 0.592. The summed E-state index contributed by atoms with van der Waals surface area (Å²) in [5.41, 5.74) is 3.72. The van der Waals surface area contributed by atoms with Crippen molar-refractivity contribution in [1.82, 2.24) is 14.7 Å². The van der Waals surface area contributed by atoms with Crippen LogP contribution in [-0.2, 0) is 14.3 Å². The number of primary amides is 1. The van der Waals surface area contributed by atoms with Gasteiger partial charge in [-0.2, -0.15) is 13.5 Å².